The SMILES string of the molecule is CC(C#N)CN(C)C(=O)c1cn(C2CCNCC2)nn1. The van der Waals surface area contributed by atoms with Gasteiger partial charge in [-0.1, -0.05) is 5.21 Å². The number of rotatable bonds is 4. The lowest BCUT2D eigenvalue weighted by Gasteiger charge is -2.22. The molecule has 1 atom stereocenters. The van der Waals surface area contributed by atoms with Crippen LogP contribution < -0.4 is 5.32 Å². The standard InChI is InChI=1S/C13H20N6O/c1-10(7-14)8-18(2)13(20)12-9-19(17-16-12)11-3-5-15-6-4-11/h9-11,15H,3-6,8H2,1-2H3. The molecule has 0 bridgehead atoms. The monoisotopic (exact) mass is 276 g/mol. The highest BCUT2D eigenvalue weighted by Crippen LogP contribution is 2.17. The first-order valence-corrected chi connectivity index (χ1v) is 6.89. The Morgan fingerprint density at radius 1 is 1.65 bits per heavy atom. The summed E-state index contributed by atoms with van der Waals surface area (Å²) in [6.45, 7) is 4.12. The summed E-state index contributed by atoms with van der Waals surface area (Å²) in [6, 6.07) is 2.43. The molecular formula is C13H20N6O. The van der Waals surface area contributed by atoms with Gasteiger partial charge in [-0.3, -0.25) is 4.79 Å². The van der Waals surface area contributed by atoms with Crippen LogP contribution in [0.4, 0.5) is 0 Å². The summed E-state index contributed by atoms with van der Waals surface area (Å²) >= 11 is 0. The van der Waals surface area contributed by atoms with Gasteiger partial charge in [-0.2, -0.15) is 5.26 Å². The van der Waals surface area contributed by atoms with Crippen LogP contribution in [-0.4, -0.2) is 52.5 Å². The fraction of sp³-hybridized carbons (Fsp3) is 0.692. The molecule has 20 heavy (non-hydrogen) atoms. The van der Waals surface area contributed by atoms with Crippen LogP contribution in [0.15, 0.2) is 6.20 Å². The van der Waals surface area contributed by atoms with Crippen molar-refractivity contribution < 1.29 is 4.79 Å². The third-order valence-corrected chi connectivity index (χ3v) is 3.53. The number of nitriles is 1. The number of amides is 1. The van der Waals surface area contributed by atoms with E-state index in [-0.39, 0.29) is 11.8 Å². The second kappa shape index (κ2) is 6.48. The normalized spacial score (nSPS) is 17.4. The minimum Gasteiger partial charge on any atom is -0.339 e. The minimum atomic E-state index is -0.191. The molecule has 1 aromatic heterocycles. The predicted octanol–water partition coefficient (Wildman–Crippen LogP) is 0.434. The highest BCUT2D eigenvalue weighted by atomic mass is 16.2. The third-order valence-electron chi connectivity index (χ3n) is 3.53. The lowest BCUT2D eigenvalue weighted by Crippen LogP contribution is -2.31. The largest absolute Gasteiger partial charge is 0.339 e. The maximum atomic E-state index is 12.2. The summed E-state index contributed by atoms with van der Waals surface area (Å²) in [7, 11) is 1.68. The Balaban J connectivity index is 2.00. The molecule has 1 aliphatic heterocycles. The van der Waals surface area contributed by atoms with E-state index >= 15 is 0 Å². The molecule has 1 aliphatic rings. The van der Waals surface area contributed by atoms with Gasteiger partial charge >= 0.3 is 0 Å². The Labute approximate surface area is 118 Å². The molecule has 1 fully saturated rings. The number of carbonyl (C=O) groups excluding carboxylic acids is 1. The van der Waals surface area contributed by atoms with E-state index in [2.05, 4.69) is 21.7 Å². The molecular weight excluding hydrogens is 256 g/mol. The third kappa shape index (κ3) is 3.33. The number of carbonyl (C=O) groups is 1. The summed E-state index contributed by atoms with van der Waals surface area (Å²) < 4.78 is 1.79. The van der Waals surface area contributed by atoms with Crippen LogP contribution in [-0.2, 0) is 0 Å². The Bertz CT molecular complexity index is 499. The smallest absolute Gasteiger partial charge is 0.275 e. The molecule has 0 aromatic carbocycles. The number of nitrogens with one attached hydrogen (secondary N) is 1. The minimum absolute atomic E-state index is 0.188. The molecule has 2 rings (SSSR count). The van der Waals surface area contributed by atoms with E-state index in [1.165, 1.54) is 4.90 Å². The van der Waals surface area contributed by atoms with Gasteiger partial charge in [0.1, 0.15) is 0 Å². The molecule has 2 heterocycles. The van der Waals surface area contributed by atoms with Crippen LogP contribution in [0.3, 0.4) is 0 Å². The van der Waals surface area contributed by atoms with Gasteiger partial charge in [0.2, 0.25) is 0 Å². The Kier molecular flexibility index (Phi) is 4.69. The van der Waals surface area contributed by atoms with Crippen molar-refractivity contribution in [3.63, 3.8) is 0 Å². The van der Waals surface area contributed by atoms with Crippen molar-refractivity contribution in [1.29, 1.82) is 5.26 Å². The van der Waals surface area contributed by atoms with E-state index in [0.717, 1.165) is 25.9 Å². The number of piperidine rings is 1. The Hall–Kier alpha value is -1.94. The lowest BCUT2D eigenvalue weighted by atomic mass is 10.1. The lowest BCUT2D eigenvalue weighted by molar-refractivity contribution is 0.0779. The van der Waals surface area contributed by atoms with Crippen molar-refractivity contribution in [3.8, 4) is 6.07 Å². The van der Waals surface area contributed by atoms with Crippen molar-refractivity contribution in [2.75, 3.05) is 26.7 Å². The molecule has 1 unspecified atom stereocenters. The molecule has 7 heteroatoms. The second-order valence-corrected chi connectivity index (χ2v) is 5.28. The molecule has 1 amide bonds. The van der Waals surface area contributed by atoms with Crippen molar-refractivity contribution in [2.45, 2.75) is 25.8 Å². The first-order valence-electron chi connectivity index (χ1n) is 6.89. The van der Waals surface area contributed by atoms with Crippen LogP contribution in [0, 0.1) is 17.2 Å². The van der Waals surface area contributed by atoms with Crippen LogP contribution in [0.25, 0.3) is 0 Å². The molecule has 0 saturated carbocycles. The predicted molar refractivity (Wildman–Crippen MR) is 72.9 cm³/mol. The van der Waals surface area contributed by atoms with Gasteiger partial charge in [-0.05, 0) is 32.9 Å². The van der Waals surface area contributed by atoms with Crippen molar-refractivity contribution in [1.82, 2.24) is 25.2 Å². The second-order valence-electron chi connectivity index (χ2n) is 5.28. The average Bonchev–Trinajstić information content (AvgIpc) is 2.97. The highest BCUT2D eigenvalue weighted by Gasteiger charge is 2.21. The zero-order chi connectivity index (χ0) is 14.5. The zero-order valence-electron chi connectivity index (χ0n) is 11.9. The fourth-order valence-electron chi connectivity index (χ4n) is 2.35. The molecule has 0 aliphatic carbocycles. The number of nitrogens with zero attached hydrogens (tertiary/aromatic N) is 5. The fourth-order valence-corrected chi connectivity index (χ4v) is 2.35. The van der Waals surface area contributed by atoms with Gasteiger partial charge in [0.25, 0.3) is 5.91 Å². The van der Waals surface area contributed by atoms with Gasteiger partial charge in [-0.15, -0.1) is 5.10 Å². The molecule has 108 valence electrons. The maximum absolute atomic E-state index is 12.2. The van der Waals surface area contributed by atoms with E-state index in [9.17, 15) is 4.79 Å². The Morgan fingerprint density at radius 2 is 2.35 bits per heavy atom. The van der Waals surface area contributed by atoms with E-state index in [4.69, 9.17) is 5.26 Å². The van der Waals surface area contributed by atoms with Crippen molar-refractivity contribution >= 4 is 5.91 Å². The van der Waals surface area contributed by atoms with Gasteiger partial charge < -0.3 is 10.2 Å². The molecule has 7 nitrogen and oxygen atoms in total. The Morgan fingerprint density at radius 3 is 3.00 bits per heavy atom. The number of hydrogen-bond donors (Lipinski definition) is 1. The average molecular weight is 276 g/mol. The van der Waals surface area contributed by atoms with Gasteiger partial charge in [-0.25, -0.2) is 4.68 Å². The van der Waals surface area contributed by atoms with Gasteiger partial charge in [0, 0.05) is 13.6 Å². The topological polar surface area (TPSA) is 86.8 Å². The van der Waals surface area contributed by atoms with Crippen LogP contribution >= 0.6 is 0 Å². The molecule has 1 N–H and O–H groups in total. The summed E-state index contributed by atoms with van der Waals surface area (Å²) in [6.07, 6.45) is 3.71. The maximum Gasteiger partial charge on any atom is 0.275 e. The summed E-state index contributed by atoms with van der Waals surface area (Å²) in [5.74, 6) is -0.379. The first-order chi connectivity index (χ1) is 9.61. The molecule has 1 saturated heterocycles. The quantitative estimate of drug-likeness (QED) is 0.862. The number of hydrogen-bond acceptors (Lipinski definition) is 5. The summed E-state index contributed by atoms with van der Waals surface area (Å²) in [5.41, 5.74) is 0.344. The molecule has 0 radical (unpaired) electrons. The van der Waals surface area contributed by atoms with Crippen LogP contribution in [0.2, 0.25) is 0 Å². The van der Waals surface area contributed by atoms with Crippen molar-refractivity contribution in [3.05, 3.63) is 11.9 Å². The van der Waals surface area contributed by atoms with Crippen LogP contribution in [0.5, 0.6) is 0 Å². The zero-order valence-corrected chi connectivity index (χ0v) is 11.9. The molecule has 0 spiro atoms. The summed E-state index contributed by atoms with van der Waals surface area (Å²) in [5, 5.41) is 20.1. The van der Waals surface area contributed by atoms with Crippen molar-refractivity contribution in [2.24, 2.45) is 5.92 Å². The first kappa shape index (κ1) is 14.5. The summed E-state index contributed by atoms with van der Waals surface area (Å²) in [4.78, 5) is 13.7. The number of aromatic nitrogens is 3. The van der Waals surface area contributed by atoms with Gasteiger partial charge in [0.05, 0.1) is 24.2 Å². The van der Waals surface area contributed by atoms with E-state index in [1.54, 1.807) is 24.9 Å². The van der Waals surface area contributed by atoms with E-state index < -0.39 is 0 Å². The van der Waals surface area contributed by atoms with Crippen LogP contribution in [0.1, 0.15) is 36.3 Å². The highest BCUT2D eigenvalue weighted by molar-refractivity contribution is 5.91. The van der Waals surface area contributed by atoms with Gasteiger partial charge in [0.15, 0.2) is 5.69 Å². The van der Waals surface area contributed by atoms with E-state index in [1.807, 2.05) is 0 Å². The van der Waals surface area contributed by atoms with E-state index in [0.29, 0.717) is 18.3 Å². The molecule has 1 aromatic rings.